The van der Waals surface area contributed by atoms with Crippen LogP contribution in [0.1, 0.15) is 97.6 Å². The van der Waals surface area contributed by atoms with Gasteiger partial charge >= 0.3 is 0 Å². The van der Waals surface area contributed by atoms with Gasteiger partial charge in [-0.1, -0.05) is 25.3 Å². The highest BCUT2D eigenvalue weighted by molar-refractivity contribution is 6.24. The maximum absolute atomic E-state index is 13.8. The van der Waals surface area contributed by atoms with Gasteiger partial charge in [0.25, 0.3) is 23.6 Å². The molecular formula is C45H42N12O6. The van der Waals surface area contributed by atoms with Gasteiger partial charge in [-0.05, 0) is 85.7 Å². The second-order valence-electron chi connectivity index (χ2n) is 17.1. The van der Waals surface area contributed by atoms with Gasteiger partial charge in [-0.2, -0.15) is 15.2 Å². The number of carbonyl (C=O) groups is 6. The molecule has 1 aliphatic carbocycles. The van der Waals surface area contributed by atoms with E-state index in [-0.39, 0.29) is 41.3 Å². The van der Waals surface area contributed by atoms with E-state index in [2.05, 4.69) is 45.6 Å². The maximum atomic E-state index is 13.8. The Morgan fingerprint density at radius 3 is 2.30 bits per heavy atom. The Morgan fingerprint density at radius 2 is 1.54 bits per heavy atom. The number of azo groups is 1. The molecule has 3 N–H and O–H groups in total. The Labute approximate surface area is 360 Å². The van der Waals surface area contributed by atoms with E-state index >= 15 is 0 Å². The Kier molecular flexibility index (Phi) is 9.13. The molecule has 1 saturated carbocycles. The first-order valence-corrected chi connectivity index (χ1v) is 21.5. The van der Waals surface area contributed by atoms with Crippen molar-refractivity contribution in [2.45, 2.75) is 69.4 Å². The lowest BCUT2D eigenvalue weighted by Crippen LogP contribution is -2.54. The number of anilines is 3. The summed E-state index contributed by atoms with van der Waals surface area (Å²) in [5.41, 5.74) is 5.59. The van der Waals surface area contributed by atoms with Crippen LogP contribution in [0.3, 0.4) is 0 Å². The molecule has 0 bridgehead atoms. The summed E-state index contributed by atoms with van der Waals surface area (Å²) in [7, 11) is 0. The number of benzene rings is 2. The van der Waals surface area contributed by atoms with Crippen LogP contribution >= 0.6 is 0 Å². The summed E-state index contributed by atoms with van der Waals surface area (Å²) in [6.45, 7) is 2.85. The number of hydrogen-bond acceptors (Lipinski definition) is 13. The highest BCUT2D eigenvalue weighted by Crippen LogP contribution is 2.41. The van der Waals surface area contributed by atoms with Crippen molar-refractivity contribution in [1.29, 1.82) is 0 Å². The number of pyridine rings is 1. The van der Waals surface area contributed by atoms with Crippen molar-refractivity contribution >= 4 is 75.3 Å². The van der Waals surface area contributed by atoms with Crippen molar-refractivity contribution in [3.8, 4) is 0 Å². The Balaban J connectivity index is 0.739. The van der Waals surface area contributed by atoms with E-state index in [4.69, 9.17) is 4.98 Å². The molecular weight excluding hydrogens is 805 g/mol. The third-order valence-corrected chi connectivity index (χ3v) is 13.4. The van der Waals surface area contributed by atoms with Crippen LogP contribution < -0.4 is 20.9 Å². The molecule has 3 aromatic heterocycles. The van der Waals surface area contributed by atoms with Crippen molar-refractivity contribution in [3.63, 3.8) is 0 Å². The molecule has 3 fully saturated rings. The number of fused-ring (bicyclic) bond motifs is 7. The highest BCUT2D eigenvalue weighted by Gasteiger charge is 2.45. The minimum Gasteiger partial charge on any atom is -0.367 e. The number of nitrogens with zero attached hydrogens (tertiary/aromatic N) is 9. The minimum atomic E-state index is -1.06. The second kappa shape index (κ2) is 14.9. The minimum absolute atomic E-state index is 0.0383. The molecule has 5 aliphatic heterocycles. The van der Waals surface area contributed by atoms with Gasteiger partial charge in [-0.25, -0.2) is 9.97 Å². The molecule has 6 aliphatic rings. The van der Waals surface area contributed by atoms with Gasteiger partial charge in [-0.3, -0.25) is 39.0 Å². The molecule has 1 spiro atoms. The van der Waals surface area contributed by atoms with Gasteiger partial charge < -0.3 is 25.0 Å². The fourth-order valence-electron chi connectivity index (χ4n) is 10.1. The summed E-state index contributed by atoms with van der Waals surface area (Å²) < 4.78 is 2.15. The standard InChI is InChI=1S/C45H42N12O6/c58-37-11-9-34(40(60)50-37)56-42(62)30-18-26-6-4-25-5-7-27(19-32(25)52-53-33(26)21-31(30)43(56)63)41(61)55-16-14-54(15-17-55)29-8-10-36(46-23-29)49-44-47-22-28-20-35-39(59)48-24-45(12-2-1-3-13-45)57(35)38(28)51-44/h5,7-8,10,18-23,34H,1-4,6,9,11-17,24H2,(H,48,59)(H,50,58,60)(H,46,47,49,51)/b53-52-. The average Bonchev–Trinajstić information content (AvgIpc) is 3.80. The van der Waals surface area contributed by atoms with Gasteiger partial charge in [0.15, 0.2) is 0 Å². The third-order valence-electron chi connectivity index (χ3n) is 13.4. The average molecular weight is 847 g/mol. The zero-order chi connectivity index (χ0) is 43.0. The lowest BCUT2D eigenvalue weighted by molar-refractivity contribution is -0.136. The lowest BCUT2D eigenvalue weighted by atomic mass is 9.80. The molecule has 63 heavy (non-hydrogen) atoms. The van der Waals surface area contributed by atoms with Crippen molar-refractivity contribution in [2.75, 3.05) is 42.9 Å². The molecule has 11 rings (SSSR count). The van der Waals surface area contributed by atoms with Gasteiger partial charge in [0.2, 0.25) is 17.8 Å². The van der Waals surface area contributed by atoms with Crippen LogP contribution in [-0.2, 0) is 28.0 Å². The molecule has 318 valence electrons. The zero-order valence-electron chi connectivity index (χ0n) is 34.2. The summed E-state index contributed by atoms with van der Waals surface area (Å²) in [4.78, 5) is 96.8. The van der Waals surface area contributed by atoms with E-state index < -0.39 is 29.7 Å². The first-order valence-electron chi connectivity index (χ1n) is 21.5. The molecule has 18 nitrogen and oxygen atoms in total. The second-order valence-corrected chi connectivity index (χ2v) is 17.1. The monoisotopic (exact) mass is 846 g/mol. The number of amides is 6. The summed E-state index contributed by atoms with van der Waals surface area (Å²) >= 11 is 0. The first-order chi connectivity index (χ1) is 30.6. The molecule has 2 aromatic carbocycles. The quantitative estimate of drug-likeness (QED) is 0.203. The SMILES string of the molecule is O=C1CCC(N2C(=O)c3cc4c(cc3C2=O)/N=N\c2cc(C(=O)N3CCN(c5ccc(Nc6ncc7cc8n(c7n6)C6(CCCCC6)CNC8=O)nc5)CC3)ccc2CC4)C(=O)N1. The fourth-order valence-corrected chi connectivity index (χ4v) is 10.1. The Morgan fingerprint density at radius 1 is 0.778 bits per heavy atom. The molecule has 5 aromatic rings. The number of piperidine rings is 1. The van der Waals surface area contributed by atoms with Gasteiger partial charge in [0.1, 0.15) is 23.2 Å². The van der Waals surface area contributed by atoms with E-state index in [1.54, 1.807) is 30.6 Å². The van der Waals surface area contributed by atoms with Crippen LogP contribution in [0.15, 0.2) is 71.2 Å². The number of carbonyl (C=O) groups excluding carboxylic acids is 6. The molecule has 0 radical (unpaired) electrons. The van der Waals surface area contributed by atoms with Crippen LogP contribution in [0.2, 0.25) is 0 Å². The number of aromatic nitrogens is 4. The normalized spacial score (nSPS) is 20.9. The third kappa shape index (κ3) is 6.58. The van der Waals surface area contributed by atoms with Gasteiger partial charge in [-0.15, -0.1) is 0 Å². The van der Waals surface area contributed by atoms with Crippen molar-refractivity contribution in [3.05, 3.63) is 94.4 Å². The molecule has 1 atom stereocenters. The molecule has 2 saturated heterocycles. The molecule has 18 heteroatoms. The first kappa shape index (κ1) is 38.5. The van der Waals surface area contributed by atoms with Crippen LogP contribution in [0, 0.1) is 0 Å². The van der Waals surface area contributed by atoms with Crippen LogP contribution in [0.25, 0.3) is 11.0 Å². The maximum Gasteiger partial charge on any atom is 0.268 e. The van der Waals surface area contributed by atoms with Crippen LogP contribution in [0.5, 0.6) is 0 Å². The molecule has 8 heterocycles. The van der Waals surface area contributed by atoms with E-state index in [1.165, 1.54) is 12.5 Å². The van der Waals surface area contributed by atoms with Gasteiger partial charge in [0.05, 0.1) is 39.9 Å². The number of imide groups is 2. The number of aryl methyl sites for hydroxylation is 2. The summed E-state index contributed by atoms with van der Waals surface area (Å²) in [5.74, 6) is -1.47. The smallest absolute Gasteiger partial charge is 0.268 e. The van der Waals surface area contributed by atoms with Crippen LogP contribution in [0.4, 0.5) is 28.8 Å². The zero-order valence-corrected chi connectivity index (χ0v) is 34.2. The van der Waals surface area contributed by atoms with E-state index in [1.807, 2.05) is 29.2 Å². The summed E-state index contributed by atoms with van der Waals surface area (Å²) in [6, 6.07) is 13.3. The van der Waals surface area contributed by atoms with E-state index in [0.29, 0.717) is 80.0 Å². The number of piperazine rings is 1. The van der Waals surface area contributed by atoms with Crippen molar-refractivity contribution in [2.24, 2.45) is 10.2 Å². The topological polar surface area (TPSA) is 217 Å². The predicted molar refractivity (Wildman–Crippen MR) is 228 cm³/mol. The predicted octanol–water partition coefficient (Wildman–Crippen LogP) is 4.85. The molecule has 1 unspecified atom stereocenters. The largest absolute Gasteiger partial charge is 0.367 e. The van der Waals surface area contributed by atoms with Crippen LogP contribution in [-0.4, -0.2) is 104 Å². The summed E-state index contributed by atoms with van der Waals surface area (Å²) in [5, 5.41) is 18.4. The highest BCUT2D eigenvalue weighted by atomic mass is 16.2. The van der Waals surface area contributed by atoms with Gasteiger partial charge in [0, 0.05) is 56.3 Å². The number of rotatable bonds is 5. The fraction of sp³-hybridized carbons (Fsp3) is 0.356. The Hall–Kier alpha value is -7.37. The van der Waals surface area contributed by atoms with E-state index in [9.17, 15) is 28.8 Å². The Bertz CT molecular complexity index is 2840. The molecule has 6 amide bonds. The van der Waals surface area contributed by atoms with E-state index in [0.717, 1.165) is 58.4 Å². The number of nitrogens with one attached hydrogen (secondary N) is 3. The summed E-state index contributed by atoms with van der Waals surface area (Å²) in [6.07, 6.45) is 10.2. The van der Waals surface area contributed by atoms with Crippen molar-refractivity contribution in [1.82, 2.24) is 40.0 Å². The number of hydrogen-bond donors (Lipinski definition) is 3. The van der Waals surface area contributed by atoms with Crippen molar-refractivity contribution < 1.29 is 28.8 Å². The lowest BCUT2D eigenvalue weighted by Gasteiger charge is -2.42.